The van der Waals surface area contributed by atoms with Crippen LogP contribution in [0.1, 0.15) is 35.3 Å². The number of alkyl halides is 3. The number of carbonyl (C=O) groups excluding carboxylic acids is 1. The van der Waals surface area contributed by atoms with Crippen molar-refractivity contribution >= 4 is 11.5 Å². The molecule has 0 aromatic heterocycles. The van der Waals surface area contributed by atoms with Crippen molar-refractivity contribution in [2.24, 2.45) is 0 Å². The van der Waals surface area contributed by atoms with Crippen molar-refractivity contribution in [1.29, 1.82) is 0 Å². The van der Waals surface area contributed by atoms with Crippen molar-refractivity contribution in [3.8, 4) is 0 Å². The number of hydrogen-bond acceptors (Lipinski definition) is 2. The zero-order chi connectivity index (χ0) is 16.3. The first-order valence-corrected chi connectivity index (χ1v) is 6.86. The minimum atomic E-state index is -4.48. The third-order valence-electron chi connectivity index (χ3n) is 3.07. The molecule has 2 nitrogen and oxygen atoms in total. The van der Waals surface area contributed by atoms with E-state index in [2.05, 4.69) is 5.32 Å². The highest BCUT2D eigenvalue weighted by Gasteiger charge is 2.32. The van der Waals surface area contributed by atoms with Crippen LogP contribution in [-0.4, -0.2) is 11.8 Å². The molecule has 2 aromatic rings. The predicted molar refractivity (Wildman–Crippen MR) is 80.1 cm³/mol. The Morgan fingerprint density at radius 1 is 1.05 bits per heavy atom. The molecule has 116 valence electrons. The fourth-order valence-corrected chi connectivity index (χ4v) is 2.09. The Morgan fingerprint density at radius 3 is 2.23 bits per heavy atom. The summed E-state index contributed by atoms with van der Waals surface area (Å²) < 4.78 is 38.7. The molecule has 0 fully saturated rings. The van der Waals surface area contributed by atoms with Gasteiger partial charge in [0.2, 0.25) is 0 Å². The zero-order valence-corrected chi connectivity index (χ0v) is 12.2. The molecule has 0 bridgehead atoms. The number of nitrogens with one attached hydrogen (secondary N) is 1. The fraction of sp³-hybridized carbons (Fsp3) is 0.235. The molecule has 0 spiro atoms. The zero-order valence-electron chi connectivity index (χ0n) is 12.2. The average molecular weight is 307 g/mol. The van der Waals surface area contributed by atoms with Crippen molar-refractivity contribution in [2.45, 2.75) is 26.1 Å². The van der Waals surface area contributed by atoms with Crippen LogP contribution in [0.15, 0.2) is 48.5 Å². The highest BCUT2D eigenvalue weighted by Crippen LogP contribution is 2.32. The van der Waals surface area contributed by atoms with Gasteiger partial charge >= 0.3 is 6.18 Å². The summed E-state index contributed by atoms with van der Waals surface area (Å²) >= 11 is 0. The van der Waals surface area contributed by atoms with Gasteiger partial charge < -0.3 is 5.32 Å². The normalized spacial score (nSPS) is 11.5. The van der Waals surface area contributed by atoms with Crippen LogP contribution >= 0.6 is 0 Å². The van der Waals surface area contributed by atoms with E-state index in [0.717, 1.165) is 12.1 Å². The van der Waals surface area contributed by atoms with E-state index in [4.69, 9.17) is 0 Å². The van der Waals surface area contributed by atoms with E-state index in [9.17, 15) is 18.0 Å². The summed E-state index contributed by atoms with van der Waals surface area (Å²) in [6.45, 7) is 3.71. The number of hydrogen-bond donors (Lipinski definition) is 1. The molecule has 0 aliphatic heterocycles. The predicted octanol–water partition coefficient (Wildman–Crippen LogP) is 4.76. The van der Waals surface area contributed by atoms with E-state index in [1.165, 1.54) is 6.07 Å². The Balaban J connectivity index is 2.52. The lowest BCUT2D eigenvalue weighted by Gasteiger charge is -2.16. The van der Waals surface area contributed by atoms with Gasteiger partial charge in [-0.1, -0.05) is 30.3 Å². The molecule has 2 rings (SSSR count). The Morgan fingerprint density at radius 2 is 1.68 bits per heavy atom. The second-order valence-electron chi connectivity index (χ2n) is 5.25. The third kappa shape index (κ3) is 3.67. The lowest BCUT2D eigenvalue weighted by molar-refractivity contribution is -0.137. The van der Waals surface area contributed by atoms with Gasteiger partial charge in [0, 0.05) is 22.9 Å². The maximum absolute atomic E-state index is 12.9. The molecule has 0 aliphatic rings. The van der Waals surface area contributed by atoms with E-state index in [0.29, 0.717) is 11.3 Å². The molecule has 0 aliphatic carbocycles. The maximum Gasteiger partial charge on any atom is 0.416 e. The molecular weight excluding hydrogens is 291 g/mol. The molecule has 0 amide bonds. The van der Waals surface area contributed by atoms with E-state index < -0.39 is 17.5 Å². The van der Waals surface area contributed by atoms with Crippen LogP contribution < -0.4 is 5.32 Å². The van der Waals surface area contributed by atoms with E-state index in [1.54, 1.807) is 30.3 Å². The molecule has 2 aromatic carbocycles. The lowest BCUT2D eigenvalue weighted by atomic mass is 9.99. The fourth-order valence-electron chi connectivity index (χ4n) is 2.09. The second kappa shape index (κ2) is 6.22. The van der Waals surface area contributed by atoms with Gasteiger partial charge in [-0.05, 0) is 32.0 Å². The van der Waals surface area contributed by atoms with Crippen LogP contribution in [-0.2, 0) is 6.18 Å². The first-order chi connectivity index (χ1) is 10.3. The molecule has 1 N–H and O–H groups in total. The molecule has 0 unspecified atom stereocenters. The molecule has 0 atom stereocenters. The van der Waals surface area contributed by atoms with Gasteiger partial charge in [-0.25, -0.2) is 0 Å². The standard InChI is InChI=1S/C17H16F3NO/c1-11(2)21-15-9-8-13(17(18,19)20)10-14(15)16(22)12-6-4-3-5-7-12/h3-11,21H,1-2H3. The largest absolute Gasteiger partial charge is 0.416 e. The minimum Gasteiger partial charge on any atom is -0.382 e. The second-order valence-corrected chi connectivity index (χ2v) is 5.25. The van der Waals surface area contributed by atoms with Gasteiger partial charge in [-0.15, -0.1) is 0 Å². The van der Waals surface area contributed by atoms with Crippen molar-refractivity contribution < 1.29 is 18.0 Å². The van der Waals surface area contributed by atoms with Crippen LogP contribution in [0.2, 0.25) is 0 Å². The lowest BCUT2D eigenvalue weighted by Crippen LogP contribution is -2.16. The summed E-state index contributed by atoms with van der Waals surface area (Å²) in [5, 5.41) is 3.01. The maximum atomic E-state index is 12.9. The van der Waals surface area contributed by atoms with Crippen LogP contribution in [0.3, 0.4) is 0 Å². The van der Waals surface area contributed by atoms with E-state index in [-0.39, 0.29) is 11.6 Å². The van der Waals surface area contributed by atoms with Crippen molar-refractivity contribution in [3.63, 3.8) is 0 Å². The molecular formula is C17H16F3NO. The smallest absolute Gasteiger partial charge is 0.382 e. The van der Waals surface area contributed by atoms with Gasteiger partial charge in [0.05, 0.1) is 5.56 Å². The summed E-state index contributed by atoms with van der Waals surface area (Å²) in [4.78, 5) is 12.5. The van der Waals surface area contributed by atoms with Gasteiger partial charge in [0.25, 0.3) is 0 Å². The van der Waals surface area contributed by atoms with E-state index >= 15 is 0 Å². The van der Waals surface area contributed by atoms with Gasteiger partial charge in [-0.3, -0.25) is 4.79 Å². The first kappa shape index (κ1) is 16.1. The third-order valence-corrected chi connectivity index (χ3v) is 3.07. The molecule has 0 radical (unpaired) electrons. The summed E-state index contributed by atoms with van der Waals surface area (Å²) in [5.74, 6) is -0.435. The summed E-state index contributed by atoms with van der Waals surface area (Å²) in [6, 6.07) is 11.5. The van der Waals surface area contributed by atoms with Crippen molar-refractivity contribution in [3.05, 3.63) is 65.2 Å². The topological polar surface area (TPSA) is 29.1 Å². The van der Waals surface area contributed by atoms with Crippen LogP contribution in [0.25, 0.3) is 0 Å². The highest BCUT2D eigenvalue weighted by molar-refractivity contribution is 6.12. The van der Waals surface area contributed by atoms with E-state index in [1.807, 2.05) is 13.8 Å². The van der Waals surface area contributed by atoms with Crippen LogP contribution in [0.5, 0.6) is 0 Å². The van der Waals surface area contributed by atoms with Crippen LogP contribution in [0.4, 0.5) is 18.9 Å². The number of rotatable bonds is 4. The SMILES string of the molecule is CC(C)Nc1ccc(C(F)(F)F)cc1C(=O)c1ccccc1. The van der Waals surface area contributed by atoms with Crippen LogP contribution in [0, 0.1) is 0 Å². The Kier molecular flexibility index (Phi) is 4.54. The Labute approximate surface area is 127 Å². The Hall–Kier alpha value is -2.30. The highest BCUT2D eigenvalue weighted by atomic mass is 19.4. The minimum absolute atomic E-state index is 0.000870. The van der Waals surface area contributed by atoms with Gasteiger partial charge in [-0.2, -0.15) is 13.2 Å². The van der Waals surface area contributed by atoms with Crippen molar-refractivity contribution in [2.75, 3.05) is 5.32 Å². The average Bonchev–Trinajstić information content (AvgIpc) is 2.46. The number of halogens is 3. The molecule has 0 saturated carbocycles. The molecule has 0 saturated heterocycles. The first-order valence-electron chi connectivity index (χ1n) is 6.86. The summed E-state index contributed by atoms with van der Waals surface area (Å²) in [6.07, 6.45) is -4.48. The Bertz CT molecular complexity index is 663. The number of ketones is 1. The monoisotopic (exact) mass is 307 g/mol. The van der Waals surface area contributed by atoms with Gasteiger partial charge in [0.15, 0.2) is 5.78 Å². The quantitative estimate of drug-likeness (QED) is 0.825. The number of carbonyl (C=O) groups is 1. The summed E-state index contributed by atoms with van der Waals surface area (Å²) in [5.41, 5.74) is -0.0544. The molecule has 5 heteroatoms. The number of anilines is 1. The number of benzene rings is 2. The molecule has 22 heavy (non-hydrogen) atoms. The molecule has 0 heterocycles. The van der Waals surface area contributed by atoms with Crippen molar-refractivity contribution in [1.82, 2.24) is 0 Å². The van der Waals surface area contributed by atoms with Gasteiger partial charge in [0.1, 0.15) is 0 Å². The summed E-state index contributed by atoms with van der Waals surface area (Å²) in [7, 11) is 0.